The van der Waals surface area contributed by atoms with Crippen molar-refractivity contribution < 1.29 is 14.2 Å². The topological polar surface area (TPSA) is 53.7 Å². The van der Waals surface area contributed by atoms with E-state index in [1.165, 1.54) is 0 Å². The third-order valence-electron chi connectivity index (χ3n) is 4.05. The van der Waals surface area contributed by atoms with Crippen molar-refractivity contribution in [2.45, 2.75) is 18.9 Å². The molecule has 0 aromatic heterocycles. The smallest absolute Gasteiger partial charge is 0.131 e. The molecule has 0 aliphatic carbocycles. The molecule has 1 aliphatic heterocycles. The Morgan fingerprint density at radius 2 is 2.00 bits per heavy atom. The SMILES string of the molecule is COc1cc2c(c(-c3cc(Cl)ccc3OC)c1)OC(CCN)C2. The predicted octanol–water partition coefficient (Wildman–Crippen LogP) is 3.68. The van der Waals surface area contributed by atoms with Gasteiger partial charge in [-0.2, -0.15) is 0 Å². The first-order valence-electron chi connectivity index (χ1n) is 7.57. The predicted molar refractivity (Wildman–Crippen MR) is 91.8 cm³/mol. The molecule has 0 amide bonds. The Balaban J connectivity index is 2.14. The van der Waals surface area contributed by atoms with E-state index in [1.54, 1.807) is 14.2 Å². The van der Waals surface area contributed by atoms with Crippen LogP contribution in [0.4, 0.5) is 0 Å². The molecule has 1 atom stereocenters. The molecule has 2 aromatic rings. The second kappa shape index (κ2) is 6.69. The Labute approximate surface area is 141 Å². The zero-order valence-corrected chi connectivity index (χ0v) is 14.0. The van der Waals surface area contributed by atoms with Crippen LogP contribution in [0.15, 0.2) is 30.3 Å². The average molecular weight is 334 g/mol. The van der Waals surface area contributed by atoms with Crippen LogP contribution in [0.3, 0.4) is 0 Å². The summed E-state index contributed by atoms with van der Waals surface area (Å²) in [5, 5.41) is 0.647. The third kappa shape index (κ3) is 3.09. The van der Waals surface area contributed by atoms with Crippen molar-refractivity contribution in [2.75, 3.05) is 20.8 Å². The van der Waals surface area contributed by atoms with Gasteiger partial charge in [-0.25, -0.2) is 0 Å². The molecular formula is C18H20ClNO3. The van der Waals surface area contributed by atoms with E-state index in [9.17, 15) is 0 Å². The van der Waals surface area contributed by atoms with Gasteiger partial charge < -0.3 is 19.9 Å². The maximum Gasteiger partial charge on any atom is 0.131 e. The summed E-state index contributed by atoms with van der Waals surface area (Å²) in [7, 11) is 3.30. The Bertz CT molecular complexity index is 718. The molecule has 1 aliphatic rings. The van der Waals surface area contributed by atoms with Crippen LogP contribution < -0.4 is 19.9 Å². The normalized spacial score (nSPS) is 15.9. The van der Waals surface area contributed by atoms with Crippen LogP contribution in [0.5, 0.6) is 17.2 Å². The van der Waals surface area contributed by atoms with Gasteiger partial charge in [0.1, 0.15) is 23.4 Å². The highest BCUT2D eigenvalue weighted by molar-refractivity contribution is 6.31. The number of fused-ring (bicyclic) bond motifs is 1. The first-order valence-corrected chi connectivity index (χ1v) is 7.95. The molecule has 1 heterocycles. The summed E-state index contributed by atoms with van der Waals surface area (Å²) in [6.45, 7) is 0.603. The molecule has 23 heavy (non-hydrogen) atoms. The summed E-state index contributed by atoms with van der Waals surface area (Å²) in [6.07, 6.45) is 1.76. The molecule has 122 valence electrons. The highest BCUT2D eigenvalue weighted by Gasteiger charge is 2.27. The first-order chi connectivity index (χ1) is 11.2. The average Bonchev–Trinajstić information content (AvgIpc) is 2.96. The van der Waals surface area contributed by atoms with Gasteiger partial charge in [-0.05, 0) is 43.3 Å². The number of hydrogen-bond donors (Lipinski definition) is 1. The molecule has 5 heteroatoms. The summed E-state index contributed by atoms with van der Waals surface area (Å²) in [5.74, 6) is 2.40. The van der Waals surface area contributed by atoms with Crippen LogP contribution in [0.1, 0.15) is 12.0 Å². The molecular weight excluding hydrogens is 314 g/mol. The first kappa shape index (κ1) is 16.0. The van der Waals surface area contributed by atoms with E-state index in [0.29, 0.717) is 11.6 Å². The lowest BCUT2D eigenvalue weighted by molar-refractivity contribution is 0.225. The van der Waals surface area contributed by atoms with E-state index in [0.717, 1.165) is 46.8 Å². The van der Waals surface area contributed by atoms with E-state index in [-0.39, 0.29) is 6.10 Å². The van der Waals surface area contributed by atoms with Gasteiger partial charge in [0, 0.05) is 28.1 Å². The third-order valence-corrected chi connectivity index (χ3v) is 4.28. The quantitative estimate of drug-likeness (QED) is 0.907. The molecule has 2 N–H and O–H groups in total. The maximum atomic E-state index is 6.18. The maximum absolute atomic E-state index is 6.18. The minimum atomic E-state index is 0.103. The van der Waals surface area contributed by atoms with Crippen molar-refractivity contribution in [2.24, 2.45) is 5.73 Å². The minimum absolute atomic E-state index is 0.103. The molecule has 3 rings (SSSR count). The van der Waals surface area contributed by atoms with E-state index in [4.69, 9.17) is 31.5 Å². The molecule has 1 unspecified atom stereocenters. The van der Waals surface area contributed by atoms with Gasteiger partial charge in [0.2, 0.25) is 0 Å². The number of hydrogen-bond acceptors (Lipinski definition) is 4. The number of methoxy groups -OCH3 is 2. The van der Waals surface area contributed by atoms with Crippen molar-refractivity contribution in [3.05, 3.63) is 40.9 Å². The van der Waals surface area contributed by atoms with Crippen LogP contribution in [0.25, 0.3) is 11.1 Å². The van der Waals surface area contributed by atoms with Gasteiger partial charge in [-0.1, -0.05) is 11.6 Å². The monoisotopic (exact) mass is 333 g/mol. The van der Waals surface area contributed by atoms with E-state index >= 15 is 0 Å². The lowest BCUT2D eigenvalue weighted by atomic mass is 9.99. The lowest BCUT2D eigenvalue weighted by Crippen LogP contribution is -2.17. The molecule has 0 spiro atoms. The molecule has 0 saturated heterocycles. The fourth-order valence-electron chi connectivity index (χ4n) is 2.96. The standard InChI is InChI=1S/C18H20ClNO3/c1-21-14-8-11-7-13(5-6-20)23-18(11)16(10-14)15-9-12(19)3-4-17(15)22-2/h3-4,8-10,13H,5-7,20H2,1-2H3. The fourth-order valence-corrected chi connectivity index (χ4v) is 3.13. The summed E-state index contributed by atoms with van der Waals surface area (Å²) in [5.41, 5.74) is 8.62. The number of benzene rings is 2. The Hall–Kier alpha value is -1.91. The zero-order valence-electron chi connectivity index (χ0n) is 13.3. The molecule has 4 nitrogen and oxygen atoms in total. The molecule has 0 saturated carbocycles. The van der Waals surface area contributed by atoms with Crippen molar-refractivity contribution in [3.8, 4) is 28.4 Å². The van der Waals surface area contributed by atoms with Crippen molar-refractivity contribution in [1.82, 2.24) is 0 Å². The van der Waals surface area contributed by atoms with E-state index in [2.05, 4.69) is 0 Å². The van der Waals surface area contributed by atoms with Gasteiger partial charge in [0.25, 0.3) is 0 Å². The van der Waals surface area contributed by atoms with Crippen molar-refractivity contribution >= 4 is 11.6 Å². The van der Waals surface area contributed by atoms with Crippen molar-refractivity contribution in [1.29, 1.82) is 0 Å². The number of halogens is 1. The summed E-state index contributed by atoms with van der Waals surface area (Å²) in [6, 6.07) is 9.53. The van der Waals surface area contributed by atoms with Gasteiger partial charge in [-0.15, -0.1) is 0 Å². The number of ether oxygens (including phenoxy) is 3. The van der Waals surface area contributed by atoms with Gasteiger partial charge >= 0.3 is 0 Å². The molecule has 2 aromatic carbocycles. The summed E-state index contributed by atoms with van der Waals surface area (Å²) in [4.78, 5) is 0. The van der Waals surface area contributed by atoms with Gasteiger partial charge in [0.05, 0.1) is 14.2 Å². The highest BCUT2D eigenvalue weighted by Crippen LogP contribution is 2.45. The molecule has 0 bridgehead atoms. The fraction of sp³-hybridized carbons (Fsp3) is 0.333. The number of nitrogens with two attached hydrogens (primary N) is 1. The van der Waals surface area contributed by atoms with Crippen LogP contribution in [0, 0.1) is 0 Å². The molecule has 0 fully saturated rings. The van der Waals surface area contributed by atoms with E-state index < -0.39 is 0 Å². The van der Waals surface area contributed by atoms with Crippen molar-refractivity contribution in [3.63, 3.8) is 0 Å². The summed E-state index contributed by atoms with van der Waals surface area (Å²) >= 11 is 6.18. The zero-order chi connectivity index (χ0) is 16.4. The van der Waals surface area contributed by atoms with Crippen LogP contribution in [-0.4, -0.2) is 26.9 Å². The van der Waals surface area contributed by atoms with Crippen LogP contribution >= 0.6 is 11.6 Å². The van der Waals surface area contributed by atoms with Crippen LogP contribution in [-0.2, 0) is 6.42 Å². The Morgan fingerprint density at radius 3 is 2.70 bits per heavy atom. The minimum Gasteiger partial charge on any atom is -0.497 e. The lowest BCUT2D eigenvalue weighted by Gasteiger charge is -2.15. The molecule has 0 radical (unpaired) electrons. The van der Waals surface area contributed by atoms with Crippen LogP contribution in [0.2, 0.25) is 5.02 Å². The van der Waals surface area contributed by atoms with Gasteiger partial charge in [0.15, 0.2) is 0 Å². The van der Waals surface area contributed by atoms with Gasteiger partial charge in [-0.3, -0.25) is 0 Å². The second-order valence-corrected chi connectivity index (χ2v) is 5.97. The highest BCUT2D eigenvalue weighted by atomic mass is 35.5. The second-order valence-electron chi connectivity index (χ2n) is 5.53. The van der Waals surface area contributed by atoms with E-state index in [1.807, 2.05) is 30.3 Å². The largest absolute Gasteiger partial charge is 0.497 e. The number of rotatable bonds is 5. The Morgan fingerprint density at radius 1 is 1.17 bits per heavy atom. The summed E-state index contributed by atoms with van der Waals surface area (Å²) < 4.78 is 17.1. The Kier molecular flexibility index (Phi) is 4.64.